The fourth-order valence-corrected chi connectivity index (χ4v) is 5.30. The van der Waals surface area contributed by atoms with Gasteiger partial charge in [0.15, 0.2) is 0 Å². The normalized spacial score (nSPS) is 13.7. The molecule has 1 aliphatic rings. The van der Waals surface area contributed by atoms with Gasteiger partial charge in [0.1, 0.15) is 0 Å². The van der Waals surface area contributed by atoms with Crippen molar-refractivity contribution in [2.24, 2.45) is 0 Å². The van der Waals surface area contributed by atoms with Gasteiger partial charge in [-0.25, -0.2) is 0 Å². The summed E-state index contributed by atoms with van der Waals surface area (Å²) in [5, 5.41) is 6.64. The Bertz CT molecular complexity index is 1780. The third kappa shape index (κ3) is 4.87. The number of hydrogen-bond donors (Lipinski definition) is 4. The molecule has 0 aliphatic carbocycles. The van der Waals surface area contributed by atoms with Crippen molar-refractivity contribution < 1.29 is 4.74 Å². The molecule has 5 nitrogen and oxygen atoms in total. The van der Waals surface area contributed by atoms with Gasteiger partial charge in [0.2, 0.25) is 0 Å². The zero-order valence-corrected chi connectivity index (χ0v) is 21.5. The van der Waals surface area contributed by atoms with E-state index in [1.165, 1.54) is 30.0 Å². The summed E-state index contributed by atoms with van der Waals surface area (Å²) in [6.07, 6.45) is 11.2. The molecule has 4 aromatic heterocycles. The van der Waals surface area contributed by atoms with E-state index in [1.54, 1.807) is 0 Å². The van der Waals surface area contributed by atoms with Crippen LogP contribution < -0.4 is 21.4 Å². The molecule has 1 unspecified atom stereocenters. The second-order valence-electron chi connectivity index (χ2n) is 9.94. The van der Waals surface area contributed by atoms with Crippen molar-refractivity contribution in [3.8, 4) is 0 Å². The SMILES string of the molecule is CCCCCCOC(C)C1=c2ccc([nH]2)=Cc2[nH]c(c3ccccc23)C=c2ccc([nH]2)=Cc2ccc1[nH]2. The predicted molar refractivity (Wildman–Crippen MR) is 152 cm³/mol. The molecule has 37 heavy (non-hydrogen) atoms. The summed E-state index contributed by atoms with van der Waals surface area (Å²) in [7, 11) is 0. The molecule has 1 aromatic carbocycles. The molecular weight excluding hydrogens is 456 g/mol. The fraction of sp³-hybridized carbons (Fsp3) is 0.250. The molecule has 1 atom stereocenters. The van der Waals surface area contributed by atoms with E-state index in [9.17, 15) is 0 Å². The maximum atomic E-state index is 6.36. The van der Waals surface area contributed by atoms with Gasteiger partial charge in [0, 0.05) is 67.1 Å². The Morgan fingerprint density at radius 2 is 1.38 bits per heavy atom. The lowest BCUT2D eigenvalue weighted by Crippen LogP contribution is -2.23. The number of rotatable bonds is 7. The average Bonchev–Trinajstić information content (AvgIpc) is 3.70. The lowest BCUT2D eigenvalue weighted by molar-refractivity contribution is 0.0994. The predicted octanol–water partition coefficient (Wildman–Crippen LogP) is 4.14. The molecule has 0 saturated heterocycles. The molecule has 0 saturated carbocycles. The summed E-state index contributed by atoms with van der Waals surface area (Å²) in [5.74, 6) is 0. The minimum atomic E-state index is -0.0527. The average molecular weight is 491 g/mol. The van der Waals surface area contributed by atoms with Crippen LogP contribution in [-0.4, -0.2) is 32.6 Å². The first-order chi connectivity index (χ1) is 18.2. The van der Waals surface area contributed by atoms with Crippen molar-refractivity contribution in [3.63, 3.8) is 0 Å². The van der Waals surface area contributed by atoms with E-state index >= 15 is 0 Å². The smallest absolute Gasteiger partial charge is 0.0837 e. The number of nitrogens with one attached hydrogen (secondary N) is 4. The monoisotopic (exact) mass is 490 g/mol. The van der Waals surface area contributed by atoms with Gasteiger partial charge in [0.25, 0.3) is 0 Å². The second-order valence-corrected chi connectivity index (χ2v) is 9.94. The Hall–Kier alpha value is -3.96. The summed E-state index contributed by atoms with van der Waals surface area (Å²) < 4.78 is 6.36. The molecule has 8 bridgehead atoms. The van der Waals surface area contributed by atoms with Crippen LogP contribution in [0.5, 0.6) is 0 Å². The lowest BCUT2D eigenvalue weighted by atomic mass is 10.1. The van der Waals surface area contributed by atoms with Gasteiger partial charge in [-0.2, -0.15) is 0 Å². The van der Waals surface area contributed by atoms with Crippen LogP contribution >= 0.6 is 0 Å². The van der Waals surface area contributed by atoms with Gasteiger partial charge < -0.3 is 24.7 Å². The molecule has 4 N–H and O–H groups in total. The lowest BCUT2D eigenvalue weighted by Gasteiger charge is -2.16. The third-order valence-corrected chi connectivity index (χ3v) is 7.19. The van der Waals surface area contributed by atoms with E-state index in [0.29, 0.717) is 0 Å². The molecule has 5 heterocycles. The Labute approximate surface area is 216 Å². The van der Waals surface area contributed by atoms with Crippen LogP contribution in [0.1, 0.15) is 62.3 Å². The van der Waals surface area contributed by atoms with E-state index < -0.39 is 0 Å². The fourth-order valence-electron chi connectivity index (χ4n) is 5.30. The first-order valence-corrected chi connectivity index (χ1v) is 13.4. The van der Waals surface area contributed by atoms with Gasteiger partial charge in [-0.3, -0.25) is 0 Å². The zero-order valence-electron chi connectivity index (χ0n) is 21.5. The van der Waals surface area contributed by atoms with Gasteiger partial charge in [0.05, 0.1) is 6.10 Å². The second kappa shape index (κ2) is 10.2. The van der Waals surface area contributed by atoms with E-state index in [2.05, 4.69) is 113 Å². The largest absolute Gasteiger partial charge is 0.374 e. The number of aromatic nitrogens is 4. The van der Waals surface area contributed by atoms with Crippen LogP contribution in [0.15, 0.2) is 60.7 Å². The molecular formula is C32H34N4O. The van der Waals surface area contributed by atoms with Crippen molar-refractivity contribution in [2.45, 2.75) is 45.6 Å². The number of benzene rings is 1. The van der Waals surface area contributed by atoms with Gasteiger partial charge in [-0.05, 0) is 68.0 Å². The van der Waals surface area contributed by atoms with Crippen LogP contribution in [0.25, 0.3) is 34.6 Å². The highest BCUT2D eigenvalue weighted by Crippen LogP contribution is 2.24. The highest BCUT2D eigenvalue weighted by atomic mass is 16.5. The third-order valence-electron chi connectivity index (χ3n) is 7.19. The quantitative estimate of drug-likeness (QED) is 0.255. The van der Waals surface area contributed by atoms with Crippen molar-refractivity contribution in [1.29, 1.82) is 0 Å². The standard InChI is InChI=1S/C32H34N4O/c1-3-4-5-8-17-37-21(2)32-28-15-13-23(34-28)18-22-11-12-24(33-22)19-30-26-9-6-7-10-27(26)31(36-30)20-25-14-16-29(32)35-25/h6-7,9-16,18-21,33-36H,3-5,8,17H2,1-2H3. The van der Waals surface area contributed by atoms with E-state index in [-0.39, 0.29) is 6.10 Å². The highest BCUT2D eigenvalue weighted by Gasteiger charge is 2.16. The number of fused-ring (bicyclic) bond motifs is 11. The van der Waals surface area contributed by atoms with Crippen LogP contribution in [0.2, 0.25) is 0 Å². The van der Waals surface area contributed by atoms with E-state index in [0.717, 1.165) is 62.8 Å². The molecule has 188 valence electrons. The molecule has 0 amide bonds. The molecule has 6 rings (SSSR count). The number of aromatic amines is 4. The minimum absolute atomic E-state index is 0.0527. The molecule has 0 radical (unpaired) electrons. The molecule has 0 fully saturated rings. The Kier molecular flexibility index (Phi) is 6.46. The molecule has 0 spiro atoms. The van der Waals surface area contributed by atoms with Crippen molar-refractivity contribution in [3.05, 3.63) is 105 Å². The maximum absolute atomic E-state index is 6.36. The Morgan fingerprint density at radius 1 is 0.676 bits per heavy atom. The number of unbranched alkanes of at least 4 members (excludes halogenated alkanes) is 3. The summed E-state index contributed by atoms with van der Waals surface area (Å²) >= 11 is 0. The first-order valence-electron chi connectivity index (χ1n) is 13.4. The van der Waals surface area contributed by atoms with E-state index in [4.69, 9.17) is 4.74 Å². The number of hydrogen-bond acceptors (Lipinski definition) is 1. The molecule has 1 aliphatic heterocycles. The van der Waals surface area contributed by atoms with E-state index in [1.807, 2.05) is 0 Å². The van der Waals surface area contributed by atoms with Gasteiger partial charge in [-0.15, -0.1) is 0 Å². The maximum Gasteiger partial charge on any atom is 0.0837 e. The van der Waals surface area contributed by atoms with Crippen LogP contribution in [0.3, 0.4) is 0 Å². The first kappa shape index (κ1) is 23.4. The molecule has 5 heteroatoms. The van der Waals surface area contributed by atoms with Crippen LogP contribution in [0.4, 0.5) is 0 Å². The summed E-state index contributed by atoms with van der Waals surface area (Å²) in [6.45, 7) is 5.16. The van der Waals surface area contributed by atoms with Crippen LogP contribution in [-0.2, 0) is 4.74 Å². The van der Waals surface area contributed by atoms with Gasteiger partial charge >= 0.3 is 0 Å². The number of H-pyrrole nitrogens is 4. The minimum Gasteiger partial charge on any atom is -0.374 e. The summed E-state index contributed by atoms with van der Waals surface area (Å²) in [4.78, 5) is 14.5. The zero-order chi connectivity index (χ0) is 25.2. The van der Waals surface area contributed by atoms with Crippen molar-refractivity contribution >= 4 is 34.6 Å². The summed E-state index contributed by atoms with van der Waals surface area (Å²) in [5.41, 5.74) is 5.44. The van der Waals surface area contributed by atoms with Gasteiger partial charge in [-0.1, -0.05) is 50.5 Å². The van der Waals surface area contributed by atoms with Crippen LogP contribution in [0, 0.1) is 0 Å². The topological polar surface area (TPSA) is 72.4 Å². The van der Waals surface area contributed by atoms with Crippen molar-refractivity contribution in [1.82, 2.24) is 19.9 Å². The number of ether oxygens (including phenoxy) is 1. The Morgan fingerprint density at radius 3 is 2.14 bits per heavy atom. The Balaban J connectivity index is 1.52. The van der Waals surface area contributed by atoms with Crippen molar-refractivity contribution in [2.75, 3.05) is 6.61 Å². The summed E-state index contributed by atoms with van der Waals surface area (Å²) in [6, 6.07) is 21.4. The highest BCUT2D eigenvalue weighted by molar-refractivity contribution is 5.95. The molecule has 5 aromatic rings.